The predicted octanol–water partition coefficient (Wildman–Crippen LogP) is 3.68. The van der Waals surface area contributed by atoms with Gasteiger partial charge >= 0.3 is 0 Å². The van der Waals surface area contributed by atoms with Crippen LogP contribution in [0.25, 0.3) is 0 Å². The van der Waals surface area contributed by atoms with Crippen molar-refractivity contribution in [2.24, 2.45) is 10.9 Å². The van der Waals surface area contributed by atoms with Crippen LogP contribution in [0.4, 0.5) is 4.39 Å². The molecule has 1 amide bonds. The molecule has 2 fully saturated rings. The molecule has 1 atom stereocenters. The lowest BCUT2D eigenvalue weighted by Crippen LogP contribution is -2.48. The van der Waals surface area contributed by atoms with Crippen LogP contribution >= 0.6 is 24.0 Å². The van der Waals surface area contributed by atoms with Gasteiger partial charge in [0, 0.05) is 44.1 Å². The molecule has 0 radical (unpaired) electrons. The molecule has 1 unspecified atom stereocenters. The number of hydrogen-bond acceptors (Lipinski definition) is 2. The number of guanidine groups is 1. The zero-order valence-corrected chi connectivity index (χ0v) is 20.0. The number of amides is 1. The fourth-order valence-electron chi connectivity index (χ4n) is 4.21. The van der Waals surface area contributed by atoms with E-state index in [1.807, 2.05) is 11.0 Å². The molecule has 2 N–H and O–H groups in total. The second kappa shape index (κ2) is 10.6. The highest BCUT2D eigenvalue weighted by Crippen LogP contribution is 2.28. The van der Waals surface area contributed by atoms with Crippen molar-refractivity contribution in [2.45, 2.75) is 57.4 Å². The molecule has 0 spiro atoms. The summed E-state index contributed by atoms with van der Waals surface area (Å²) in [7, 11) is 1.75. The van der Waals surface area contributed by atoms with Crippen LogP contribution in [-0.4, -0.2) is 49.5 Å². The molecular weight excluding hydrogens is 482 g/mol. The maximum absolute atomic E-state index is 13.6. The van der Waals surface area contributed by atoms with Gasteiger partial charge in [-0.1, -0.05) is 38.8 Å². The van der Waals surface area contributed by atoms with Crippen molar-refractivity contribution in [2.75, 3.05) is 26.7 Å². The summed E-state index contributed by atoms with van der Waals surface area (Å²) < 4.78 is 13.6. The van der Waals surface area contributed by atoms with Gasteiger partial charge in [0.1, 0.15) is 5.82 Å². The highest BCUT2D eigenvalue weighted by Gasteiger charge is 2.32. The van der Waals surface area contributed by atoms with Gasteiger partial charge in [0.25, 0.3) is 0 Å². The van der Waals surface area contributed by atoms with Crippen molar-refractivity contribution in [3.8, 4) is 0 Å². The molecule has 5 nitrogen and oxygen atoms in total. The maximum Gasteiger partial charge on any atom is 0.225 e. The van der Waals surface area contributed by atoms with Crippen molar-refractivity contribution in [3.63, 3.8) is 0 Å². The maximum atomic E-state index is 13.6. The highest BCUT2D eigenvalue weighted by atomic mass is 127. The van der Waals surface area contributed by atoms with Crippen LogP contribution in [0.2, 0.25) is 0 Å². The molecule has 1 heterocycles. The molecule has 1 aromatic carbocycles. The van der Waals surface area contributed by atoms with Gasteiger partial charge in [-0.05, 0) is 37.0 Å². The Kier molecular flexibility index (Phi) is 8.73. The Labute approximate surface area is 190 Å². The quantitative estimate of drug-likeness (QED) is 0.357. The third-order valence-electron chi connectivity index (χ3n) is 6.07. The number of carbonyl (C=O) groups excluding carboxylic acids is 1. The van der Waals surface area contributed by atoms with Crippen LogP contribution < -0.4 is 10.6 Å². The first kappa shape index (κ1) is 23.9. The number of carbonyl (C=O) groups is 1. The van der Waals surface area contributed by atoms with E-state index in [9.17, 15) is 9.18 Å². The minimum absolute atomic E-state index is 0. The molecule has 1 aliphatic heterocycles. The van der Waals surface area contributed by atoms with Crippen molar-refractivity contribution >= 4 is 35.8 Å². The average molecular weight is 516 g/mol. The molecule has 3 rings (SSSR count). The van der Waals surface area contributed by atoms with E-state index in [4.69, 9.17) is 0 Å². The van der Waals surface area contributed by atoms with E-state index in [0.29, 0.717) is 12.5 Å². The van der Waals surface area contributed by atoms with Gasteiger partial charge in [0.15, 0.2) is 5.96 Å². The number of nitrogens with one attached hydrogen (secondary N) is 2. The standard InChI is InChI=1S/C22H33FN4O.HI/c1-22(2,17-9-6-10-18(23)13-17)15-25-21(24-3)26-19-11-12-27(14-19)20(28)16-7-4-5-8-16;/h6,9-10,13,16,19H,4-5,7-8,11-12,14-15H2,1-3H3,(H2,24,25,26);1H. The van der Waals surface area contributed by atoms with Crippen LogP contribution in [-0.2, 0) is 10.2 Å². The van der Waals surface area contributed by atoms with Crippen LogP contribution in [0.1, 0.15) is 51.5 Å². The van der Waals surface area contributed by atoms with Crippen molar-refractivity contribution in [1.29, 1.82) is 0 Å². The lowest BCUT2D eigenvalue weighted by Gasteiger charge is -2.27. The second-order valence-electron chi connectivity index (χ2n) is 8.72. The molecule has 1 saturated carbocycles. The van der Waals surface area contributed by atoms with Crippen molar-refractivity contribution in [3.05, 3.63) is 35.6 Å². The smallest absolute Gasteiger partial charge is 0.225 e. The van der Waals surface area contributed by atoms with E-state index in [1.54, 1.807) is 19.2 Å². The zero-order chi connectivity index (χ0) is 20.1. The Morgan fingerprint density at radius 1 is 1.28 bits per heavy atom. The number of nitrogens with zero attached hydrogens (tertiary/aromatic N) is 2. The summed E-state index contributed by atoms with van der Waals surface area (Å²) in [6.45, 7) is 6.36. The van der Waals surface area contributed by atoms with Gasteiger partial charge in [-0.2, -0.15) is 0 Å². The average Bonchev–Trinajstić information content (AvgIpc) is 3.36. The minimum atomic E-state index is -0.236. The highest BCUT2D eigenvalue weighted by molar-refractivity contribution is 14.0. The molecule has 1 saturated heterocycles. The molecule has 0 bridgehead atoms. The first-order valence-electron chi connectivity index (χ1n) is 10.4. The van der Waals surface area contributed by atoms with E-state index >= 15 is 0 Å². The van der Waals surface area contributed by atoms with Crippen LogP contribution in [0, 0.1) is 11.7 Å². The van der Waals surface area contributed by atoms with Gasteiger partial charge < -0.3 is 15.5 Å². The molecule has 29 heavy (non-hydrogen) atoms. The third-order valence-corrected chi connectivity index (χ3v) is 6.07. The Bertz CT molecular complexity index is 719. The fourth-order valence-corrected chi connectivity index (χ4v) is 4.21. The molecule has 162 valence electrons. The lowest BCUT2D eigenvalue weighted by molar-refractivity contribution is -0.134. The number of rotatable bonds is 5. The normalized spacial score (nSPS) is 20.5. The van der Waals surface area contributed by atoms with Crippen LogP contribution in [0.3, 0.4) is 0 Å². The molecular formula is C22H34FIN4O. The summed E-state index contributed by atoms with van der Waals surface area (Å²) in [5, 5.41) is 6.81. The van der Waals surface area contributed by atoms with E-state index in [2.05, 4.69) is 29.5 Å². The van der Waals surface area contributed by atoms with Crippen molar-refractivity contribution < 1.29 is 9.18 Å². The monoisotopic (exact) mass is 516 g/mol. The van der Waals surface area contributed by atoms with Crippen LogP contribution in [0.15, 0.2) is 29.3 Å². The summed E-state index contributed by atoms with van der Waals surface area (Å²) in [6, 6.07) is 6.96. The van der Waals surface area contributed by atoms with Crippen LogP contribution in [0.5, 0.6) is 0 Å². The zero-order valence-electron chi connectivity index (χ0n) is 17.7. The van der Waals surface area contributed by atoms with E-state index < -0.39 is 0 Å². The summed E-state index contributed by atoms with van der Waals surface area (Å²) in [5.41, 5.74) is 0.713. The first-order valence-corrected chi connectivity index (χ1v) is 10.4. The summed E-state index contributed by atoms with van der Waals surface area (Å²) in [4.78, 5) is 19.0. The second-order valence-corrected chi connectivity index (χ2v) is 8.72. The molecule has 1 aromatic rings. The summed E-state index contributed by atoms with van der Waals surface area (Å²) in [5.74, 6) is 1.08. The number of halogens is 2. The number of benzene rings is 1. The molecule has 2 aliphatic rings. The fraction of sp³-hybridized carbons (Fsp3) is 0.636. The molecule has 7 heteroatoms. The Hall–Kier alpha value is -1.38. The van der Waals surface area contributed by atoms with Gasteiger partial charge in [-0.3, -0.25) is 9.79 Å². The summed E-state index contributed by atoms with van der Waals surface area (Å²) in [6.07, 6.45) is 5.40. The van der Waals surface area contributed by atoms with Crippen molar-refractivity contribution in [1.82, 2.24) is 15.5 Å². The summed E-state index contributed by atoms with van der Waals surface area (Å²) >= 11 is 0. The van der Waals surface area contributed by atoms with Gasteiger partial charge in [0.2, 0.25) is 5.91 Å². The third kappa shape index (κ3) is 6.30. The number of likely N-dealkylation sites (tertiary alicyclic amines) is 1. The topological polar surface area (TPSA) is 56.7 Å². The van der Waals surface area contributed by atoms with E-state index in [-0.39, 0.29) is 47.2 Å². The van der Waals surface area contributed by atoms with Gasteiger partial charge in [-0.25, -0.2) is 4.39 Å². The van der Waals surface area contributed by atoms with E-state index in [1.165, 1.54) is 18.9 Å². The Morgan fingerprint density at radius 3 is 2.66 bits per heavy atom. The Morgan fingerprint density at radius 2 is 2.00 bits per heavy atom. The van der Waals surface area contributed by atoms with E-state index in [0.717, 1.165) is 43.9 Å². The number of hydrogen-bond donors (Lipinski definition) is 2. The lowest BCUT2D eigenvalue weighted by atomic mass is 9.84. The number of aliphatic imine (C=N–C) groups is 1. The SMILES string of the molecule is CN=C(NCC(C)(C)c1cccc(F)c1)NC1CCN(C(=O)C2CCCC2)C1.I. The first-order chi connectivity index (χ1) is 13.4. The Balaban J connectivity index is 0.00000300. The van der Waals surface area contributed by atoms with Gasteiger partial charge in [0.05, 0.1) is 0 Å². The minimum Gasteiger partial charge on any atom is -0.356 e. The molecule has 1 aliphatic carbocycles. The predicted molar refractivity (Wildman–Crippen MR) is 126 cm³/mol. The van der Waals surface area contributed by atoms with Gasteiger partial charge in [-0.15, -0.1) is 24.0 Å². The molecule has 0 aromatic heterocycles. The largest absolute Gasteiger partial charge is 0.356 e.